The molecule has 6 aliphatic rings. The van der Waals surface area contributed by atoms with E-state index in [4.69, 9.17) is 74.8 Å². The van der Waals surface area contributed by atoms with E-state index in [-0.39, 0.29) is 113 Å². The van der Waals surface area contributed by atoms with Gasteiger partial charge in [0.25, 0.3) is 26.1 Å². The molecule has 0 saturated heterocycles. The molecule has 19 nitrogen and oxygen atoms in total. The Balaban J connectivity index is 1.09. The van der Waals surface area contributed by atoms with Crippen LogP contribution in [-0.2, 0) is 71.9 Å². The van der Waals surface area contributed by atoms with Crippen molar-refractivity contribution in [3.63, 3.8) is 0 Å². The molecular formula is C54H66Cl4N4O15S2. The van der Waals surface area contributed by atoms with Crippen LogP contribution in [0, 0.1) is 0 Å². The number of ether oxygens (including phenoxy) is 6. The van der Waals surface area contributed by atoms with E-state index in [9.17, 15) is 35.5 Å². The van der Waals surface area contributed by atoms with E-state index in [0.717, 1.165) is 10.7 Å². The Hall–Kier alpha value is -3.97. The quantitative estimate of drug-likeness (QED) is 0.0314. The zero-order chi connectivity index (χ0) is 57.4. The maximum atomic E-state index is 15.7. The lowest BCUT2D eigenvalue weighted by Gasteiger charge is -2.53. The van der Waals surface area contributed by atoms with Crippen LogP contribution in [0.1, 0.15) is 136 Å². The first-order chi connectivity index (χ1) is 37.0. The maximum absolute atomic E-state index is 15.7. The molecule has 0 saturated carbocycles. The van der Waals surface area contributed by atoms with E-state index in [1.807, 2.05) is 27.7 Å². The summed E-state index contributed by atoms with van der Waals surface area (Å²) >= 11 is 28.4. The normalized spacial score (nSPS) is 20.5. The van der Waals surface area contributed by atoms with E-state index in [2.05, 4.69) is 15.2 Å². The second-order valence-electron chi connectivity index (χ2n) is 22.8. The van der Waals surface area contributed by atoms with Gasteiger partial charge in [-0.15, -0.1) is 0 Å². The lowest BCUT2D eigenvalue weighted by Crippen LogP contribution is -2.57. The number of fused-ring (bicyclic) bond motifs is 8. The van der Waals surface area contributed by atoms with Crippen molar-refractivity contribution in [2.24, 2.45) is 0 Å². The molecule has 0 radical (unpaired) electrons. The van der Waals surface area contributed by atoms with Gasteiger partial charge in [-0.2, -0.15) is 16.8 Å². The fourth-order valence-corrected chi connectivity index (χ4v) is 14.8. The topological polar surface area (TPSA) is 237 Å². The predicted molar refractivity (Wildman–Crippen MR) is 300 cm³/mol. The molecule has 79 heavy (non-hydrogen) atoms. The first-order valence-corrected chi connectivity index (χ1v) is 31.0. The van der Waals surface area contributed by atoms with E-state index in [0.29, 0.717) is 91.2 Å². The number of anilines is 2. The molecule has 0 bridgehead atoms. The second-order valence-corrected chi connectivity index (χ2v) is 27.3. The molecule has 0 aromatic heterocycles. The molecule has 3 aromatic carbocycles. The van der Waals surface area contributed by atoms with Crippen molar-refractivity contribution in [1.82, 2.24) is 10.4 Å². The lowest BCUT2D eigenvalue weighted by molar-refractivity contribution is -0.156. The van der Waals surface area contributed by atoms with Gasteiger partial charge in [-0.1, -0.05) is 52.5 Å². The number of benzene rings is 3. The summed E-state index contributed by atoms with van der Waals surface area (Å²) < 4.78 is 108. The molecule has 1 spiro atoms. The summed E-state index contributed by atoms with van der Waals surface area (Å²) in [5.41, 5.74) is 3.18. The van der Waals surface area contributed by atoms with Crippen LogP contribution in [0.25, 0.3) is 5.57 Å². The van der Waals surface area contributed by atoms with Crippen molar-refractivity contribution in [2.75, 3.05) is 87.3 Å². The fourth-order valence-electron chi connectivity index (χ4n) is 12.3. The van der Waals surface area contributed by atoms with Crippen molar-refractivity contribution in [1.29, 1.82) is 0 Å². The minimum absolute atomic E-state index is 0.0197. The SMILES string of the molecule is CC(C)(C)OC(=O)CCOCCOCCOCCOCCC(=O)NN1C(=O)c2c(Cl)c(Cl)c(Cl)c(Cl)c2C12c1cc3c4c(c1Oc1c2cc2c5c1CCCN5C(C)(C)CC2CS(=O)(=O)O)CCCN4C(C)(C)C=C3CS(=O)(=O)O. The Bertz CT molecular complexity index is 3260. The Morgan fingerprint density at radius 2 is 1.29 bits per heavy atom. The van der Waals surface area contributed by atoms with E-state index in [1.165, 1.54) is 0 Å². The molecule has 6 aliphatic heterocycles. The van der Waals surface area contributed by atoms with Gasteiger partial charge in [0.05, 0.1) is 108 Å². The summed E-state index contributed by atoms with van der Waals surface area (Å²) in [6.45, 7) is 16.0. The molecule has 3 aromatic rings. The molecule has 0 aliphatic carbocycles. The number of hydrogen-bond acceptors (Lipinski definition) is 15. The number of amides is 2. The predicted octanol–water partition coefficient (Wildman–Crippen LogP) is 9.10. The third kappa shape index (κ3) is 11.6. The molecule has 25 heteroatoms. The largest absolute Gasteiger partial charge is 0.460 e. The van der Waals surface area contributed by atoms with Crippen molar-refractivity contribution in [2.45, 2.75) is 122 Å². The molecule has 432 valence electrons. The zero-order valence-electron chi connectivity index (χ0n) is 45.1. The van der Waals surface area contributed by atoms with Crippen LogP contribution in [0.3, 0.4) is 0 Å². The fraction of sp³-hybridized carbons (Fsp3) is 0.574. The van der Waals surface area contributed by atoms with Gasteiger partial charge in [0, 0.05) is 63.6 Å². The molecule has 2 amide bonds. The van der Waals surface area contributed by atoms with E-state index in [1.54, 1.807) is 39.0 Å². The molecule has 3 N–H and O–H groups in total. The Kier molecular flexibility index (Phi) is 16.8. The number of hydrogen-bond donors (Lipinski definition) is 3. The van der Waals surface area contributed by atoms with Gasteiger partial charge >= 0.3 is 5.97 Å². The number of nitrogens with zero attached hydrogens (tertiary/aromatic N) is 3. The Labute approximate surface area is 480 Å². The van der Waals surface area contributed by atoms with Crippen LogP contribution in [0.15, 0.2) is 18.2 Å². The van der Waals surface area contributed by atoms with Gasteiger partial charge < -0.3 is 38.2 Å². The number of rotatable bonds is 20. The number of nitrogens with one attached hydrogen (secondary N) is 1. The van der Waals surface area contributed by atoms with Gasteiger partial charge in [0.15, 0.2) is 0 Å². The van der Waals surface area contributed by atoms with Crippen LogP contribution in [0.4, 0.5) is 11.4 Å². The lowest BCUT2D eigenvalue weighted by atomic mass is 9.68. The summed E-state index contributed by atoms with van der Waals surface area (Å²) in [4.78, 5) is 46.5. The molecule has 0 fully saturated rings. The third-order valence-electron chi connectivity index (χ3n) is 15.2. The van der Waals surface area contributed by atoms with Gasteiger partial charge in [-0.05, 0) is 104 Å². The highest BCUT2D eigenvalue weighted by atomic mass is 35.5. The first-order valence-electron chi connectivity index (χ1n) is 26.3. The number of carbonyl (C=O) groups excluding carboxylic acids is 3. The zero-order valence-corrected chi connectivity index (χ0v) is 49.8. The summed E-state index contributed by atoms with van der Waals surface area (Å²) in [6.07, 6.45) is 4.08. The Morgan fingerprint density at radius 1 is 0.747 bits per heavy atom. The third-order valence-corrected chi connectivity index (χ3v) is 18.5. The molecular weight excluding hydrogens is 1150 g/mol. The van der Waals surface area contributed by atoms with Crippen molar-refractivity contribution < 1.29 is 68.7 Å². The van der Waals surface area contributed by atoms with Crippen molar-refractivity contribution in [3.05, 3.63) is 82.8 Å². The average molecular weight is 1220 g/mol. The summed E-state index contributed by atoms with van der Waals surface area (Å²) in [6, 6.07) is 3.45. The second kappa shape index (κ2) is 22.3. The highest BCUT2D eigenvalue weighted by molar-refractivity contribution is 7.86. The number of hydrazine groups is 1. The minimum Gasteiger partial charge on any atom is -0.460 e. The monoisotopic (exact) mass is 1210 g/mol. The van der Waals surface area contributed by atoms with Crippen LogP contribution in [-0.4, -0.2) is 143 Å². The molecule has 9 rings (SSSR count). The summed E-state index contributed by atoms with van der Waals surface area (Å²) in [5, 5.41) is 0.223. The highest BCUT2D eigenvalue weighted by Crippen LogP contribution is 2.66. The van der Waals surface area contributed by atoms with Gasteiger partial charge in [0.2, 0.25) is 5.91 Å². The average Bonchev–Trinajstić information content (AvgIpc) is 3.37. The van der Waals surface area contributed by atoms with Crippen LogP contribution < -0.4 is 20.0 Å². The highest BCUT2D eigenvalue weighted by Gasteiger charge is 2.62. The van der Waals surface area contributed by atoms with E-state index < -0.39 is 71.7 Å². The minimum atomic E-state index is -4.64. The van der Waals surface area contributed by atoms with Crippen LogP contribution in [0.2, 0.25) is 20.1 Å². The van der Waals surface area contributed by atoms with Gasteiger partial charge in [0.1, 0.15) is 28.4 Å². The summed E-state index contributed by atoms with van der Waals surface area (Å²) in [5.74, 6) is -3.44. The molecule has 2 unspecified atom stereocenters. The maximum Gasteiger partial charge on any atom is 0.308 e. The molecule has 6 heterocycles. The number of carbonyl (C=O) groups is 3. The smallest absolute Gasteiger partial charge is 0.308 e. The Morgan fingerprint density at radius 3 is 1.87 bits per heavy atom. The number of halogens is 4. The molecule has 2 atom stereocenters. The van der Waals surface area contributed by atoms with Crippen molar-refractivity contribution in [3.8, 4) is 11.5 Å². The van der Waals surface area contributed by atoms with Crippen LogP contribution >= 0.6 is 46.4 Å². The van der Waals surface area contributed by atoms with E-state index >= 15 is 4.79 Å². The van der Waals surface area contributed by atoms with Gasteiger partial charge in [-0.3, -0.25) is 28.9 Å². The first kappa shape index (κ1) is 59.6. The van der Waals surface area contributed by atoms with Crippen molar-refractivity contribution >= 4 is 101 Å². The number of esters is 1. The van der Waals surface area contributed by atoms with Gasteiger partial charge in [-0.25, -0.2) is 5.01 Å². The van der Waals surface area contributed by atoms with Crippen LogP contribution in [0.5, 0.6) is 11.5 Å². The standard InChI is InChI=1S/C54H66Cl4N4O15S2/c1-51(2,3)77-39(64)13-17-73-19-21-75-23-22-74-20-18-72-16-12-38(63)59-62-50(65)40-41(43(56)45(58)44(57)42(40)55)54(62)36-24-34-30(28-78(66,67)68)26-52(4,5)60-14-8-10-32(46(34)60)48(36)76-49-33-11-9-15-61-47(33)35(25-37(49)54)31(27-53(61,6)7)29-79(69,70)71/h24-26,31H,8-23,27-29H2,1-7H3,(H,59,63)(H,66,67,68)(H,69,70,71). The summed E-state index contributed by atoms with van der Waals surface area (Å²) in [7, 11) is -9.23.